The van der Waals surface area contributed by atoms with Crippen molar-refractivity contribution < 1.29 is 14.3 Å². The Labute approximate surface area is 141 Å². The lowest BCUT2D eigenvalue weighted by Crippen LogP contribution is -2.05. The summed E-state index contributed by atoms with van der Waals surface area (Å²) >= 11 is 0. The van der Waals surface area contributed by atoms with E-state index in [1.807, 2.05) is 37.3 Å². The Morgan fingerprint density at radius 2 is 1.83 bits per heavy atom. The summed E-state index contributed by atoms with van der Waals surface area (Å²) in [6.45, 7) is 2.23. The minimum atomic E-state index is -0.397. The van der Waals surface area contributed by atoms with Gasteiger partial charge in [0.15, 0.2) is 0 Å². The average Bonchev–Trinajstić information content (AvgIpc) is 2.53. The van der Waals surface area contributed by atoms with Crippen molar-refractivity contribution in [1.29, 1.82) is 0 Å². The molecule has 126 valence electrons. The SMILES string of the molecule is COc1cc(/C=C/C(=O)OCCc2cc(N)cc(N)c2)ccc1C. The van der Waals surface area contributed by atoms with Crippen molar-refractivity contribution in [2.45, 2.75) is 13.3 Å². The zero-order chi connectivity index (χ0) is 17.5. The highest BCUT2D eigenvalue weighted by Gasteiger charge is 2.02. The molecule has 0 fully saturated rings. The number of esters is 1. The number of rotatable bonds is 6. The molecule has 0 aliphatic carbocycles. The fourth-order valence-corrected chi connectivity index (χ4v) is 2.31. The molecule has 0 saturated carbocycles. The normalized spacial score (nSPS) is 10.8. The Kier molecular flexibility index (Phi) is 5.84. The monoisotopic (exact) mass is 326 g/mol. The van der Waals surface area contributed by atoms with E-state index in [0.29, 0.717) is 17.8 Å². The summed E-state index contributed by atoms with van der Waals surface area (Å²) in [6, 6.07) is 11.0. The first-order chi connectivity index (χ1) is 11.5. The van der Waals surface area contributed by atoms with Gasteiger partial charge in [0.1, 0.15) is 5.75 Å². The second-order valence-corrected chi connectivity index (χ2v) is 5.49. The van der Waals surface area contributed by atoms with E-state index in [9.17, 15) is 4.79 Å². The van der Waals surface area contributed by atoms with Gasteiger partial charge in [-0.3, -0.25) is 0 Å². The molecule has 2 aromatic carbocycles. The van der Waals surface area contributed by atoms with Crippen LogP contribution in [-0.2, 0) is 16.0 Å². The first kappa shape index (κ1) is 17.4. The maximum Gasteiger partial charge on any atom is 0.330 e. The van der Waals surface area contributed by atoms with Gasteiger partial charge in [-0.15, -0.1) is 0 Å². The van der Waals surface area contributed by atoms with Crippen molar-refractivity contribution in [3.63, 3.8) is 0 Å². The van der Waals surface area contributed by atoms with Gasteiger partial charge in [-0.05, 0) is 54.0 Å². The van der Waals surface area contributed by atoms with Crippen LogP contribution >= 0.6 is 0 Å². The molecule has 0 spiro atoms. The van der Waals surface area contributed by atoms with Crippen LogP contribution in [0.3, 0.4) is 0 Å². The number of benzene rings is 2. The molecule has 24 heavy (non-hydrogen) atoms. The van der Waals surface area contributed by atoms with E-state index in [-0.39, 0.29) is 6.61 Å². The van der Waals surface area contributed by atoms with Crippen molar-refractivity contribution in [2.24, 2.45) is 0 Å². The van der Waals surface area contributed by atoms with Gasteiger partial charge in [0.2, 0.25) is 0 Å². The predicted octanol–water partition coefficient (Wildman–Crippen LogP) is 2.97. The number of ether oxygens (including phenoxy) is 2. The van der Waals surface area contributed by atoms with Crippen LogP contribution in [0.2, 0.25) is 0 Å². The molecule has 0 saturated heterocycles. The van der Waals surface area contributed by atoms with E-state index >= 15 is 0 Å². The number of methoxy groups -OCH3 is 1. The highest BCUT2D eigenvalue weighted by atomic mass is 16.5. The summed E-state index contributed by atoms with van der Waals surface area (Å²) in [6.07, 6.45) is 3.66. The lowest BCUT2D eigenvalue weighted by atomic mass is 10.1. The Bertz CT molecular complexity index is 734. The number of carbonyl (C=O) groups is 1. The van der Waals surface area contributed by atoms with Crippen LogP contribution in [0, 0.1) is 6.92 Å². The third-order valence-electron chi connectivity index (χ3n) is 3.52. The van der Waals surface area contributed by atoms with E-state index in [4.69, 9.17) is 20.9 Å². The molecular formula is C19H22N2O3. The lowest BCUT2D eigenvalue weighted by molar-refractivity contribution is -0.137. The van der Waals surface area contributed by atoms with Gasteiger partial charge in [-0.2, -0.15) is 0 Å². The topological polar surface area (TPSA) is 87.6 Å². The standard InChI is InChI=1S/C19H22N2O3/c1-13-3-4-14(11-18(13)23-2)5-6-19(22)24-8-7-15-9-16(20)12-17(21)10-15/h3-6,9-12H,7-8,20-21H2,1-2H3/b6-5+. The average molecular weight is 326 g/mol. The van der Waals surface area contributed by atoms with Crippen LogP contribution in [0.4, 0.5) is 11.4 Å². The van der Waals surface area contributed by atoms with Crippen molar-refractivity contribution in [3.05, 3.63) is 59.2 Å². The fraction of sp³-hybridized carbons (Fsp3) is 0.211. The summed E-state index contributed by atoms with van der Waals surface area (Å²) < 4.78 is 10.4. The first-order valence-corrected chi connectivity index (χ1v) is 7.62. The number of hydrogen-bond donors (Lipinski definition) is 2. The Morgan fingerprint density at radius 1 is 1.12 bits per heavy atom. The molecule has 2 aromatic rings. The molecule has 0 aliphatic rings. The van der Waals surface area contributed by atoms with Crippen molar-refractivity contribution >= 4 is 23.4 Å². The highest BCUT2D eigenvalue weighted by Crippen LogP contribution is 2.19. The van der Waals surface area contributed by atoms with Gasteiger partial charge >= 0.3 is 5.97 Å². The van der Waals surface area contributed by atoms with Crippen LogP contribution in [0.25, 0.3) is 6.08 Å². The largest absolute Gasteiger partial charge is 0.496 e. The minimum absolute atomic E-state index is 0.267. The zero-order valence-corrected chi connectivity index (χ0v) is 13.9. The van der Waals surface area contributed by atoms with Crippen molar-refractivity contribution in [2.75, 3.05) is 25.2 Å². The summed E-state index contributed by atoms with van der Waals surface area (Å²) in [7, 11) is 1.62. The van der Waals surface area contributed by atoms with Crippen LogP contribution in [0.1, 0.15) is 16.7 Å². The number of hydrogen-bond acceptors (Lipinski definition) is 5. The number of nitrogens with two attached hydrogens (primary N) is 2. The molecule has 0 aromatic heterocycles. The number of carbonyl (C=O) groups excluding carboxylic acids is 1. The van der Waals surface area contributed by atoms with E-state index in [2.05, 4.69) is 0 Å². The maximum absolute atomic E-state index is 11.8. The summed E-state index contributed by atoms with van der Waals surface area (Å²) in [4.78, 5) is 11.8. The van der Waals surface area contributed by atoms with Crippen LogP contribution < -0.4 is 16.2 Å². The van der Waals surface area contributed by atoms with E-state index in [1.54, 1.807) is 19.3 Å². The van der Waals surface area contributed by atoms with Crippen molar-refractivity contribution in [1.82, 2.24) is 0 Å². The summed E-state index contributed by atoms with van der Waals surface area (Å²) in [5.74, 6) is 0.385. The van der Waals surface area contributed by atoms with Gasteiger partial charge in [0.05, 0.1) is 13.7 Å². The lowest BCUT2D eigenvalue weighted by Gasteiger charge is -2.06. The van der Waals surface area contributed by atoms with E-state index in [0.717, 1.165) is 22.4 Å². The van der Waals surface area contributed by atoms with E-state index in [1.165, 1.54) is 6.08 Å². The van der Waals surface area contributed by atoms with Crippen LogP contribution in [0.5, 0.6) is 5.75 Å². The predicted molar refractivity (Wildman–Crippen MR) is 96.7 cm³/mol. The molecule has 0 aliphatic heterocycles. The van der Waals surface area contributed by atoms with Crippen molar-refractivity contribution in [3.8, 4) is 5.75 Å². The smallest absolute Gasteiger partial charge is 0.330 e. The van der Waals surface area contributed by atoms with Gasteiger partial charge in [-0.1, -0.05) is 12.1 Å². The highest BCUT2D eigenvalue weighted by molar-refractivity contribution is 5.87. The minimum Gasteiger partial charge on any atom is -0.496 e. The number of aryl methyl sites for hydroxylation is 1. The van der Waals surface area contributed by atoms with Gasteiger partial charge < -0.3 is 20.9 Å². The van der Waals surface area contributed by atoms with E-state index < -0.39 is 5.97 Å². The number of anilines is 2. The van der Waals surface area contributed by atoms with Gasteiger partial charge in [0, 0.05) is 23.9 Å². The molecule has 0 heterocycles. The summed E-state index contributed by atoms with van der Waals surface area (Å²) in [5.41, 5.74) is 15.5. The quantitative estimate of drug-likeness (QED) is 0.484. The molecule has 0 atom stereocenters. The third kappa shape index (κ3) is 5.05. The number of nitrogen functional groups attached to an aromatic ring is 2. The maximum atomic E-state index is 11.8. The Hall–Kier alpha value is -2.95. The van der Waals surface area contributed by atoms with Crippen LogP contribution in [0.15, 0.2) is 42.5 Å². The van der Waals surface area contributed by atoms with Gasteiger partial charge in [-0.25, -0.2) is 4.79 Å². The molecule has 5 heteroatoms. The third-order valence-corrected chi connectivity index (χ3v) is 3.52. The first-order valence-electron chi connectivity index (χ1n) is 7.62. The Morgan fingerprint density at radius 3 is 2.50 bits per heavy atom. The molecule has 2 rings (SSSR count). The Balaban J connectivity index is 1.86. The van der Waals surface area contributed by atoms with Crippen LogP contribution in [-0.4, -0.2) is 19.7 Å². The molecule has 5 nitrogen and oxygen atoms in total. The van der Waals surface area contributed by atoms with Gasteiger partial charge in [0.25, 0.3) is 0 Å². The molecule has 0 bridgehead atoms. The second kappa shape index (κ2) is 8.06. The molecule has 0 amide bonds. The second-order valence-electron chi connectivity index (χ2n) is 5.49. The molecular weight excluding hydrogens is 304 g/mol. The zero-order valence-electron chi connectivity index (χ0n) is 13.9. The molecule has 4 N–H and O–H groups in total. The molecule has 0 radical (unpaired) electrons. The summed E-state index contributed by atoms with van der Waals surface area (Å²) in [5, 5.41) is 0. The fourth-order valence-electron chi connectivity index (χ4n) is 2.31. The molecule has 0 unspecified atom stereocenters.